The minimum Gasteiger partial charge on any atom is -0.251 e. The molecule has 0 saturated carbocycles. The van der Waals surface area contributed by atoms with Gasteiger partial charge in [-0.1, -0.05) is 30.1 Å². The molecular weight excluding hydrogens is 248 g/mol. The van der Waals surface area contributed by atoms with Crippen LogP contribution in [0.25, 0.3) is 10.9 Å². The normalized spacial score (nSPS) is 11.1. The highest BCUT2D eigenvalue weighted by molar-refractivity contribution is 6.39. The summed E-state index contributed by atoms with van der Waals surface area (Å²) in [5.74, 6) is -0.386. The summed E-state index contributed by atoms with van der Waals surface area (Å²) in [5.41, 5.74) is 2.11. The summed E-state index contributed by atoms with van der Waals surface area (Å²) >= 11 is 12.1. The van der Waals surface area contributed by atoms with E-state index in [2.05, 4.69) is 4.98 Å². The lowest BCUT2D eigenvalue weighted by Gasteiger charge is -2.10. The Bertz CT molecular complexity index is 567. The number of hydrogen-bond acceptors (Lipinski definition) is 1. The molecule has 0 saturated heterocycles. The molecule has 1 nitrogen and oxygen atoms in total. The molecule has 0 unspecified atom stereocenters. The SMILES string of the molecule is CCc1nc2c(Cl)ccc(F)c2c(Cl)c1C. The van der Waals surface area contributed by atoms with Crippen LogP contribution in [0.1, 0.15) is 18.2 Å². The van der Waals surface area contributed by atoms with Crippen LogP contribution in [0, 0.1) is 12.7 Å². The fourth-order valence-corrected chi connectivity index (χ4v) is 2.23. The fraction of sp³-hybridized carbons (Fsp3) is 0.250. The van der Waals surface area contributed by atoms with E-state index in [0.29, 0.717) is 20.9 Å². The number of fused-ring (bicyclic) bond motifs is 1. The zero-order chi connectivity index (χ0) is 11.9. The molecule has 0 aliphatic rings. The molecule has 0 bridgehead atoms. The molecule has 2 aromatic rings. The van der Waals surface area contributed by atoms with Crippen molar-refractivity contribution in [3.8, 4) is 0 Å². The van der Waals surface area contributed by atoms with Crippen LogP contribution in [0.5, 0.6) is 0 Å². The van der Waals surface area contributed by atoms with Crippen molar-refractivity contribution in [3.63, 3.8) is 0 Å². The van der Waals surface area contributed by atoms with Crippen LogP contribution in [0.2, 0.25) is 10.0 Å². The highest BCUT2D eigenvalue weighted by Gasteiger charge is 2.14. The molecule has 0 spiro atoms. The Hall–Kier alpha value is -0.860. The average molecular weight is 258 g/mol. The second kappa shape index (κ2) is 4.19. The van der Waals surface area contributed by atoms with E-state index < -0.39 is 0 Å². The average Bonchev–Trinajstić information content (AvgIpc) is 2.27. The number of aromatic nitrogens is 1. The van der Waals surface area contributed by atoms with Crippen molar-refractivity contribution < 1.29 is 4.39 Å². The molecule has 84 valence electrons. The Balaban J connectivity index is 2.97. The summed E-state index contributed by atoms with van der Waals surface area (Å²) in [7, 11) is 0. The van der Waals surface area contributed by atoms with Gasteiger partial charge in [-0.05, 0) is 31.0 Å². The van der Waals surface area contributed by atoms with Crippen LogP contribution in [0.3, 0.4) is 0 Å². The minimum absolute atomic E-state index is 0.309. The van der Waals surface area contributed by atoms with Crippen molar-refractivity contribution in [2.75, 3.05) is 0 Å². The van der Waals surface area contributed by atoms with Crippen LogP contribution in [-0.4, -0.2) is 4.98 Å². The molecule has 1 aromatic carbocycles. The van der Waals surface area contributed by atoms with E-state index in [1.54, 1.807) is 0 Å². The molecular formula is C12H10Cl2FN. The van der Waals surface area contributed by atoms with Crippen molar-refractivity contribution in [2.24, 2.45) is 0 Å². The second-order valence-corrected chi connectivity index (χ2v) is 4.39. The third-order valence-corrected chi connectivity index (χ3v) is 3.42. The van der Waals surface area contributed by atoms with Gasteiger partial charge in [0.05, 0.1) is 20.9 Å². The maximum Gasteiger partial charge on any atom is 0.134 e. The number of aryl methyl sites for hydroxylation is 1. The first-order chi connectivity index (χ1) is 7.56. The Labute approximate surface area is 103 Å². The van der Waals surface area contributed by atoms with Gasteiger partial charge >= 0.3 is 0 Å². The third-order valence-electron chi connectivity index (χ3n) is 2.64. The molecule has 0 amide bonds. The predicted molar refractivity (Wildman–Crippen MR) is 65.8 cm³/mol. The Morgan fingerprint density at radius 1 is 1.31 bits per heavy atom. The van der Waals surface area contributed by atoms with Crippen LogP contribution < -0.4 is 0 Å². The van der Waals surface area contributed by atoms with Gasteiger partial charge in [0.25, 0.3) is 0 Å². The van der Waals surface area contributed by atoms with E-state index >= 15 is 0 Å². The molecule has 0 N–H and O–H groups in total. The zero-order valence-electron chi connectivity index (χ0n) is 8.94. The van der Waals surface area contributed by atoms with Crippen LogP contribution >= 0.6 is 23.2 Å². The van der Waals surface area contributed by atoms with Crippen molar-refractivity contribution in [1.82, 2.24) is 4.98 Å². The van der Waals surface area contributed by atoms with Crippen molar-refractivity contribution >= 4 is 34.1 Å². The summed E-state index contributed by atoms with van der Waals surface area (Å²) in [6.07, 6.45) is 0.744. The van der Waals surface area contributed by atoms with Gasteiger partial charge in [-0.25, -0.2) is 4.39 Å². The molecule has 0 atom stereocenters. The van der Waals surface area contributed by atoms with E-state index in [4.69, 9.17) is 23.2 Å². The van der Waals surface area contributed by atoms with Gasteiger partial charge in [-0.2, -0.15) is 0 Å². The molecule has 0 radical (unpaired) electrons. The number of hydrogen-bond donors (Lipinski definition) is 0. The summed E-state index contributed by atoms with van der Waals surface area (Å²) in [5, 5.41) is 1.14. The molecule has 0 fully saturated rings. The molecule has 1 heterocycles. The smallest absolute Gasteiger partial charge is 0.134 e. The van der Waals surface area contributed by atoms with Gasteiger partial charge in [0.15, 0.2) is 0 Å². The quantitative estimate of drug-likeness (QED) is 0.731. The Kier molecular flexibility index (Phi) is 3.04. The van der Waals surface area contributed by atoms with Gasteiger partial charge in [0.2, 0.25) is 0 Å². The molecule has 16 heavy (non-hydrogen) atoms. The van der Waals surface area contributed by atoms with Crippen LogP contribution in [0.15, 0.2) is 12.1 Å². The number of pyridine rings is 1. The maximum atomic E-state index is 13.7. The van der Waals surface area contributed by atoms with E-state index in [-0.39, 0.29) is 5.82 Å². The summed E-state index contributed by atoms with van der Waals surface area (Å²) in [6, 6.07) is 2.81. The monoisotopic (exact) mass is 257 g/mol. The van der Waals surface area contributed by atoms with Gasteiger partial charge < -0.3 is 0 Å². The molecule has 4 heteroatoms. The van der Waals surface area contributed by atoms with Crippen molar-refractivity contribution in [1.29, 1.82) is 0 Å². The fourth-order valence-electron chi connectivity index (χ4n) is 1.74. The molecule has 0 aliphatic carbocycles. The van der Waals surface area contributed by atoms with Crippen molar-refractivity contribution in [2.45, 2.75) is 20.3 Å². The van der Waals surface area contributed by atoms with Crippen LogP contribution in [-0.2, 0) is 6.42 Å². The van der Waals surface area contributed by atoms with E-state index in [1.165, 1.54) is 12.1 Å². The lowest BCUT2D eigenvalue weighted by Crippen LogP contribution is -1.97. The standard InChI is InChI=1S/C12H10Cl2FN/c1-3-9-6(2)11(14)10-8(15)5-4-7(13)12(10)16-9/h4-5H,3H2,1-2H3. The second-order valence-electron chi connectivity index (χ2n) is 3.60. The highest BCUT2D eigenvalue weighted by atomic mass is 35.5. The first-order valence-electron chi connectivity index (χ1n) is 4.99. The maximum absolute atomic E-state index is 13.7. The predicted octanol–water partition coefficient (Wildman–Crippen LogP) is 4.55. The lowest BCUT2D eigenvalue weighted by molar-refractivity contribution is 0.639. The van der Waals surface area contributed by atoms with E-state index in [1.807, 2.05) is 13.8 Å². The zero-order valence-corrected chi connectivity index (χ0v) is 10.5. The molecule has 1 aromatic heterocycles. The van der Waals surface area contributed by atoms with Gasteiger partial charge in [-0.15, -0.1) is 0 Å². The summed E-state index contributed by atoms with van der Waals surface area (Å²) in [4.78, 5) is 4.36. The first-order valence-corrected chi connectivity index (χ1v) is 5.74. The van der Waals surface area contributed by atoms with E-state index in [0.717, 1.165) is 17.7 Å². The Morgan fingerprint density at radius 3 is 2.62 bits per heavy atom. The lowest BCUT2D eigenvalue weighted by atomic mass is 10.1. The van der Waals surface area contributed by atoms with Crippen LogP contribution in [0.4, 0.5) is 4.39 Å². The van der Waals surface area contributed by atoms with Gasteiger partial charge in [0.1, 0.15) is 5.82 Å². The number of halogens is 3. The largest absolute Gasteiger partial charge is 0.251 e. The third kappa shape index (κ3) is 1.66. The minimum atomic E-state index is -0.386. The van der Waals surface area contributed by atoms with Gasteiger partial charge in [0, 0.05) is 5.69 Å². The van der Waals surface area contributed by atoms with E-state index in [9.17, 15) is 4.39 Å². The topological polar surface area (TPSA) is 12.9 Å². The molecule has 2 rings (SSSR count). The highest BCUT2D eigenvalue weighted by Crippen LogP contribution is 2.33. The Morgan fingerprint density at radius 2 is 2.00 bits per heavy atom. The number of rotatable bonds is 1. The molecule has 0 aliphatic heterocycles. The summed E-state index contributed by atoms with van der Waals surface area (Å²) < 4.78 is 13.7. The van der Waals surface area contributed by atoms with Gasteiger partial charge in [-0.3, -0.25) is 4.98 Å². The first kappa shape index (κ1) is 11.6. The summed E-state index contributed by atoms with van der Waals surface area (Å²) in [6.45, 7) is 3.82. The number of benzene rings is 1. The number of nitrogens with zero attached hydrogens (tertiary/aromatic N) is 1. The van der Waals surface area contributed by atoms with Crippen molar-refractivity contribution in [3.05, 3.63) is 39.3 Å².